The molecule has 0 bridgehead atoms. The topological polar surface area (TPSA) is 50.4 Å². The summed E-state index contributed by atoms with van der Waals surface area (Å²) in [7, 11) is 0. The summed E-state index contributed by atoms with van der Waals surface area (Å²) in [6.07, 6.45) is 4.76. The van der Waals surface area contributed by atoms with Crippen LogP contribution in [-0.4, -0.2) is 31.6 Å². The highest BCUT2D eigenvalue weighted by Gasteiger charge is 2.22. The Balaban J connectivity index is 0.00000161. The number of nitrogens with one attached hydrogen (secondary N) is 2. The predicted molar refractivity (Wildman–Crippen MR) is 85.3 cm³/mol. The first-order chi connectivity index (χ1) is 9.81. The van der Waals surface area contributed by atoms with Crippen LogP contribution in [0.1, 0.15) is 36.0 Å². The predicted octanol–water partition coefficient (Wildman–Crippen LogP) is 2.38. The molecule has 1 amide bonds. The summed E-state index contributed by atoms with van der Waals surface area (Å²) in [6.45, 7) is 2.73. The number of benzene rings is 1. The van der Waals surface area contributed by atoms with Gasteiger partial charge in [-0.1, -0.05) is 0 Å². The van der Waals surface area contributed by atoms with E-state index in [0.717, 1.165) is 44.2 Å². The van der Waals surface area contributed by atoms with Gasteiger partial charge in [0.25, 0.3) is 5.91 Å². The molecular formula is C16H23ClN2O2. The lowest BCUT2D eigenvalue weighted by atomic mass is 10.1. The Kier molecular flexibility index (Phi) is 5.88. The van der Waals surface area contributed by atoms with Gasteiger partial charge in [0.05, 0.1) is 6.61 Å². The summed E-state index contributed by atoms with van der Waals surface area (Å²) in [5.74, 6) is 1.61. The van der Waals surface area contributed by atoms with Crippen molar-refractivity contribution in [2.24, 2.45) is 5.92 Å². The van der Waals surface area contributed by atoms with Crippen LogP contribution in [0.5, 0.6) is 5.75 Å². The second kappa shape index (κ2) is 7.66. The molecule has 1 saturated heterocycles. The van der Waals surface area contributed by atoms with Crippen molar-refractivity contribution in [3.05, 3.63) is 29.8 Å². The minimum Gasteiger partial charge on any atom is -0.493 e. The highest BCUT2D eigenvalue weighted by molar-refractivity contribution is 5.94. The van der Waals surface area contributed by atoms with Crippen molar-refractivity contribution in [3.63, 3.8) is 0 Å². The number of carbonyl (C=O) groups is 1. The maximum absolute atomic E-state index is 12.1. The molecule has 1 aromatic carbocycles. The largest absolute Gasteiger partial charge is 0.493 e. The molecule has 2 N–H and O–H groups in total. The quantitative estimate of drug-likeness (QED) is 0.878. The van der Waals surface area contributed by atoms with Crippen molar-refractivity contribution in [1.29, 1.82) is 0 Å². The Morgan fingerprint density at radius 1 is 1.24 bits per heavy atom. The number of piperidine rings is 1. The van der Waals surface area contributed by atoms with Gasteiger partial charge in [0.15, 0.2) is 0 Å². The number of amides is 1. The lowest BCUT2D eigenvalue weighted by Crippen LogP contribution is -2.45. The Bertz CT molecular complexity index is 454. The summed E-state index contributed by atoms with van der Waals surface area (Å²) < 4.78 is 5.67. The lowest BCUT2D eigenvalue weighted by molar-refractivity contribution is 0.0930. The number of hydrogen-bond donors (Lipinski definition) is 2. The smallest absolute Gasteiger partial charge is 0.251 e. The Morgan fingerprint density at radius 3 is 2.62 bits per heavy atom. The Morgan fingerprint density at radius 2 is 2.00 bits per heavy atom. The van der Waals surface area contributed by atoms with E-state index in [9.17, 15) is 4.79 Å². The van der Waals surface area contributed by atoms with Gasteiger partial charge in [-0.15, -0.1) is 12.4 Å². The molecule has 1 aliphatic carbocycles. The molecule has 0 unspecified atom stereocenters. The van der Waals surface area contributed by atoms with Crippen molar-refractivity contribution in [1.82, 2.24) is 10.6 Å². The van der Waals surface area contributed by atoms with Gasteiger partial charge >= 0.3 is 0 Å². The minimum absolute atomic E-state index is 0. The van der Waals surface area contributed by atoms with Crippen molar-refractivity contribution in [3.8, 4) is 5.75 Å². The van der Waals surface area contributed by atoms with Gasteiger partial charge in [-0.2, -0.15) is 0 Å². The van der Waals surface area contributed by atoms with Gasteiger partial charge in [0.2, 0.25) is 0 Å². The highest BCUT2D eigenvalue weighted by atomic mass is 35.5. The Labute approximate surface area is 132 Å². The van der Waals surface area contributed by atoms with E-state index >= 15 is 0 Å². The third-order valence-electron chi connectivity index (χ3n) is 3.93. The minimum atomic E-state index is 0. The third kappa shape index (κ3) is 4.90. The summed E-state index contributed by atoms with van der Waals surface area (Å²) in [5, 5.41) is 6.37. The number of hydrogen-bond acceptors (Lipinski definition) is 3. The van der Waals surface area contributed by atoms with Crippen LogP contribution in [0.15, 0.2) is 24.3 Å². The molecule has 0 spiro atoms. The first-order valence-corrected chi connectivity index (χ1v) is 7.56. The first-order valence-electron chi connectivity index (χ1n) is 7.56. The van der Waals surface area contributed by atoms with E-state index in [-0.39, 0.29) is 24.4 Å². The molecule has 2 fully saturated rings. The fourth-order valence-corrected chi connectivity index (χ4v) is 2.44. The van der Waals surface area contributed by atoms with Crippen LogP contribution >= 0.6 is 12.4 Å². The fraction of sp³-hybridized carbons (Fsp3) is 0.562. The third-order valence-corrected chi connectivity index (χ3v) is 3.93. The van der Waals surface area contributed by atoms with Gasteiger partial charge in [-0.3, -0.25) is 4.79 Å². The number of carbonyl (C=O) groups excluding carboxylic acids is 1. The molecule has 0 radical (unpaired) electrons. The van der Waals surface area contributed by atoms with Gasteiger partial charge in [-0.25, -0.2) is 0 Å². The molecule has 1 saturated carbocycles. The molecule has 116 valence electrons. The number of halogens is 1. The molecule has 1 aromatic rings. The maximum atomic E-state index is 12.1. The first kappa shape index (κ1) is 16.1. The molecule has 1 aliphatic heterocycles. The van der Waals surface area contributed by atoms with E-state index in [1.54, 1.807) is 0 Å². The molecular weight excluding hydrogens is 288 g/mol. The number of rotatable bonds is 5. The van der Waals surface area contributed by atoms with Gasteiger partial charge in [0.1, 0.15) is 5.75 Å². The second-order valence-electron chi connectivity index (χ2n) is 5.80. The van der Waals surface area contributed by atoms with Crippen molar-refractivity contribution < 1.29 is 9.53 Å². The summed E-state index contributed by atoms with van der Waals surface area (Å²) in [6, 6.07) is 7.70. The average molecular weight is 311 g/mol. The molecule has 2 aliphatic rings. The highest BCUT2D eigenvalue weighted by Crippen LogP contribution is 2.29. The van der Waals surface area contributed by atoms with Crippen LogP contribution in [0.3, 0.4) is 0 Å². The summed E-state index contributed by atoms with van der Waals surface area (Å²) in [5.41, 5.74) is 0.703. The maximum Gasteiger partial charge on any atom is 0.251 e. The van der Waals surface area contributed by atoms with Gasteiger partial charge in [-0.05, 0) is 62.4 Å². The van der Waals surface area contributed by atoms with E-state index < -0.39 is 0 Å². The number of ether oxygens (including phenoxy) is 1. The van der Waals surface area contributed by atoms with Crippen LogP contribution in [0.25, 0.3) is 0 Å². The van der Waals surface area contributed by atoms with Crippen LogP contribution in [0, 0.1) is 5.92 Å². The average Bonchev–Trinajstić information content (AvgIpc) is 3.31. The van der Waals surface area contributed by atoms with Crippen LogP contribution in [0.4, 0.5) is 0 Å². The zero-order valence-corrected chi connectivity index (χ0v) is 13.0. The monoisotopic (exact) mass is 310 g/mol. The van der Waals surface area contributed by atoms with E-state index in [4.69, 9.17) is 4.74 Å². The molecule has 1 atom stereocenters. The molecule has 0 aromatic heterocycles. The molecule has 4 nitrogen and oxygen atoms in total. The fourth-order valence-electron chi connectivity index (χ4n) is 2.44. The van der Waals surface area contributed by atoms with E-state index in [1.807, 2.05) is 24.3 Å². The van der Waals surface area contributed by atoms with Gasteiger partial charge in [0, 0.05) is 18.2 Å². The summed E-state index contributed by atoms with van der Waals surface area (Å²) in [4.78, 5) is 12.1. The zero-order chi connectivity index (χ0) is 13.8. The van der Waals surface area contributed by atoms with Crippen LogP contribution in [-0.2, 0) is 0 Å². The standard InChI is InChI=1S/C16H22N2O2.ClH/c19-16(18-14-2-1-9-17-10-14)13-5-7-15(8-6-13)20-11-12-3-4-12;/h5-8,12,14,17H,1-4,9-11H2,(H,18,19);1H/t14-;/m0./s1. The van der Waals surface area contributed by atoms with Crippen molar-refractivity contribution in [2.75, 3.05) is 19.7 Å². The van der Waals surface area contributed by atoms with Gasteiger partial charge < -0.3 is 15.4 Å². The van der Waals surface area contributed by atoms with Crippen molar-refractivity contribution in [2.45, 2.75) is 31.7 Å². The SMILES string of the molecule is Cl.O=C(N[C@H]1CCCNC1)c1ccc(OCC2CC2)cc1. The normalized spacial score (nSPS) is 21.2. The van der Waals surface area contributed by atoms with Crippen molar-refractivity contribution >= 4 is 18.3 Å². The second-order valence-corrected chi connectivity index (χ2v) is 5.80. The van der Waals surface area contributed by atoms with Crippen LogP contribution < -0.4 is 15.4 Å². The Hall–Kier alpha value is -1.26. The lowest BCUT2D eigenvalue weighted by Gasteiger charge is -2.23. The van der Waals surface area contributed by atoms with E-state index in [0.29, 0.717) is 5.56 Å². The van der Waals surface area contributed by atoms with E-state index in [2.05, 4.69) is 10.6 Å². The molecule has 5 heteroatoms. The van der Waals surface area contributed by atoms with Crippen LogP contribution in [0.2, 0.25) is 0 Å². The zero-order valence-electron chi connectivity index (χ0n) is 12.1. The molecule has 21 heavy (non-hydrogen) atoms. The molecule has 1 heterocycles. The molecule has 3 rings (SSSR count). The summed E-state index contributed by atoms with van der Waals surface area (Å²) >= 11 is 0. The van der Waals surface area contributed by atoms with E-state index in [1.165, 1.54) is 12.8 Å².